The average molecular weight is 271 g/mol. The van der Waals surface area contributed by atoms with Gasteiger partial charge in [-0.3, -0.25) is 4.68 Å². The Bertz CT molecular complexity index is 518. The summed E-state index contributed by atoms with van der Waals surface area (Å²) >= 11 is 0. The maximum atomic E-state index is 5.84. The van der Waals surface area contributed by atoms with Gasteiger partial charge < -0.3 is 10.1 Å². The Balaban J connectivity index is 1.51. The van der Waals surface area contributed by atoms with Gasteiger partial charge in [-0.25, -0.2) is 0 Å². The van der Waals surface area contributed by atoms with Gasteiger partial charge in [-0.05, 0) is 24.9 Å². The first kappa shape index (κ1) is 13.2. The second-order valence-corrected chi connectivity index (χ2v) is 5.38. The smallest absolute Gasteiger partial charge is 0.157 e. The van der Waals surface area contributed by atoms with Crippen molar-refractivity contribution in [3.63, 3.8) is 0 Å². The van der Waals surface area contributed by atoms with E-state index in [1.165, 1.54) is 18.4 Å². The molecule has 1 aliphatic rings. The van der Waals surface area contributed by atoms with E-state index in [9.17, 15) is 0 Å². The first-order valence-corrected chi connectivity index (χ1v) is 7.30. The Morgan fingerprint density at radius 2 is 2.20 bits per heavy atom. The molecule has 0 spiro atoms. The molecule has 1 saturated heterocycles. The third-order valence-corrected chi connectivity index (χ3v) is 3.68. The van der Waals surface area contributed by atoms with Crippen molar-refractivity contribution in [2.75, 3.05) is 19.7 Å². The van der Waals surface area contributed by atoms with Crippen LogP contribution in [0, 0.1) is 5.92 Å². The number of nitrogens with zero attached hydrogens (tertiary/aromatic N) is 2. The van der Waals surface area contributed by atoms with E-state index in [1.54, 1.807) is 6.20 Å². The van der Waals surface area contributed by atoms with Crippen molar-refractivity contribution < 1.29 is 4.74 Å². The molecule has 3 rings (SSSR count). The van der Waals surface area contributed by atoms with Crippen molar-refractivity contribution in [1.29, 1.82) is 0 Å². The Kier molecular flexibility index (Phi) is 4.33. The maximum Gasteiger partial charge on any atom is 0.157 e. The number of hydrogen-bond donors (Lipinski definition) is 1. The van der Waals surface area contributed by atoms with Gasteiger partial charge in [-0.1, -0.05) is 30.3 Å². The van der Waals surface area contributed by atoms with E-state index in [2.05, 4.69) is 22.5 Å². The van der Waals surface area contributed by atoms with Crippen molar-refractivity contribution >= 4 is 0 Å². The highest BCUT2D eigenvalue weighted by atomic mass is 16.5. The minimum atomic E-state index is 0.626. The SMILES string of the molecule is c1ccc(Cn2cc(OCC3CCCNC3)cn2)cc1. The summed E-state index contributed by atoms with van der Waals surface area (Å²) in [4.78, 5) is 0. The molecule has 0 saturated carbocycles. The third-order valence-electron chi connectivity index (χ3n) is 3.68. The zero-order valence-corrected chi connectivity index (χ0v) is 11.7. The summed E-state index contributed by atoms with van der Waals surface area (Å²) in [6, 6.07) is 10.3. The summed E-state index contributed by atoms with van der Waals surface area (Å²) in [5.74, 6) is 1.49. The van der Waals surface area contributed by atoms with Gasteiger partial charge in [0.05, 0.1) is 25.5 Å². The largest absolute Gasteiger partial charge is 0.490 e. The first-order chi connectivity index (χ1) is 9.90. The predicted molar refractivity (Wildman–Crippen MR) is 78.9 cm³/mol. The van der Waals surface area contributed by atoms with Crippen molar-refractivity contribution in [2.45, 2.75) is 19.4 Å². The van der Waals surface area contributed by atoms with E-state index in [4.69, 9.17) is 4.74 Å². The number of ether oxygens (including phenoxy) is 1. The van der Waals surface area contributed by atoms with E-state index in [-0.39, 0.29) is 0 Å². The van der Waals surface area contributed by atoms with Crippen LogP contribution in [-0.2, 0) is 6.54 Å². The standard InChI is InChI=1S/C16H21N3O/c1-2-5-14(6-3-1)11-19-12-16(10-18-19)20-13-15-7-4-8-17-9-15/h1-3,5-6,10,12,15,17H,4,7-9,11,13H2. The van der Waals surface area contributed by atoms with Crippen LogP contribution >= 0.6 is 0 Å². The molecule has 1 aliphatic heterocycles. The molecule has 4 heteroatoms. The molecule has 0 aliphatic carbocycles. The van der Waals surface area contributed by atoms with Gasteiger partial charge >= 0.3 is 0 Å². The van der Waals surface area contributed by atoms with Crippen molar-refractivity contribution in [3.8, 4) is 5.75 Å². The van der Waals surface area contributed by atoms with Crippen LogP contribution in [0.4, 0.5) is 0 Å². The van der Waals surface area contributed by atoms with Gasteiger partial charge in [-0.15, -0.1) is 0 Å². The number of aromatic nitrogens is 2. The van der Waals surface area contributed by atoms with Crippen molar-refractivity contribution in [3.05, 3.63) is 48.3 Å². The Morgan fingerprint density at radius 1 is 1.30 bits per heavy atom. The minimum absolute atomic E-state index is 0.626. The summed E-state index contributed by atoms with van der Waals surface area (Å²) in [5, 5.41) is 7.76. The lowest BCUT2D eigenvalue weighted by atomic mass is 10.0. The van der Waals surface area contributed by atoms with E-state index in [0.29, 0.717) is 5.92 Å². The number of hydrogen-bond acceptors (Lipinski definition) is 3. The zero-order valence-electron chi connectivity index (χ0n) is 11.7. The molecular formula is C16H21N3O. The summed E-state index contributed by atoms with van der Waals surface area (Å²) in [6.45, 7) is 3.78. The molecule has 1 aromatic carbocycles. The Hall–Kier alpha value is -1.81. The highest BCUT2D eigenvalue weighted by Gasteiger charge is 2.13. The Labute approximate surface area is 119 Å². The highest BCUT2D eigenvalue weighted by Crippen LogP contribution is 2.15. The average Bonchev–Trinajstić information content (AvgIpc) is 2.95. The molecule has 0 amide bonds. The quantitative estimate of drug-likeness (QED) is 0.907. The summed E-state index contributed by atoms with van der Waals surface area (Å²) < 4.78 is 7.76. The first-order valence-electron chi connectivity index (χ1n) is 7.30. The fraction of sp³-hybridized carbons (Fsp3) is 0.438. The lowest BCUT2D eigenvalue weighted by Gasteiger charge is -2.22. The van der Waals surface area contributed by atoms with Crippen LogP contribution in [0.15, 0.2) is 42.7 Å². The lowest BCUT2D eigenvalue weighted by molar-refractivity contribution is 0.218. The van der Waals surface area contributed by atoms with E-state index in [0.717, 1.165) is 32.0 Å². The fourth-order valence-corrected chi connectivity index (χ4v) is 2.56. The van der Waals surface area contributed by atoms with Crippen molar-refractivity contribution in [1.82, 2.24) is 15.1 Å². The predicted octanol–water partition coefficient (Wildman–Crippen LogP) is 2.31. The summed E-state index contributed by atoms with van der Waals surface area (Å²) in [7, 11) is 0. The maximum absolute atomic E-state index is 5.84. The number of rotatable bonds is 5. The van der Waals surface area contributed by atoms with Gasteiger partial charge in [0.1, 0.15) is 0 Å². The number of nitrogens with one attached hydrogen (secondary N) is 1. The van der Waals surface area contributed by atoms with Gasteiger partial charge in [0.25, 0.3) is 0 Å². The fourth-order valence-electron chi connectivity index (χ4n) is 2.56. The topological polar surface area (TPSA) is 39.1 Å². The molecule has 1 aromatic heterocycles. The van der Waals surface area contributed by atoms with Gasteiger partial charge in [-0.2, -0.15) is 5.10 Å². The van der Waals surface area contributed by atoms with Crippen LogP contribution < -0.4 is 10.1 Å². The normalized spacial score (nSPS) is 18.9. The van der Waals surface area contributed by atoms with Crippen molar-refractivity contribution in [2.24, 2.45) is 5.92 Å². The summed E-state index contributed by atoms with van der Waals surface area (Å²) in [6.07, 6.45) is 6.29. The van der Waals surface area contributed by atoms with Crippen LogP contribution in [0.1, 0.15) is 18.4 Å². The second kappa shape index (κ2) is 6.57. The monoisotopic (exact) mass is 271 g/mol. The Morgan fingerprint density at radius 3 is 3.00 bits per heavy atom. The minimum Gasteiger partial charge on any atom is -0.490 e. The van der Waals surface area contributed by atoms with Crippen LogP contribution in [0.2, 0.25) is 0 Å². The van der Waals surface area contributed by atoms with Gasteiger partial charge in [0.15, 0.2) is 5.75 Å². The van der Waals surface area contributed by atoms with Crippen LogP contribution in [0.25, 0.3) is 0 Å². The van der Waals surface area contributed by atoms with E-state index < -0.39 is 0 Å². The van der Waals surface area contributed by atoms with Gasteiger partial charge in [0, 0.05) is 12.5 Å². The van der Waals surface area contributed by atoms with E-state index in [1.807, 2.05) is 29.1 Å². The molecule has 0 radical (unpaired) electrons. The van der Waals surface area contributed by atoms with Crippen LogP contribution in [0.5, 0.6) is 5.75 Å². The highest BCUT2D eigenvalue weighted by molar-refractivity contribution is 5.17. The van der Waals surface area contributed by atoms with Crippen LogP contribution in [-0.4, -0.2) is 29.5 Å². The molecule has 1 atom stereocenters. The molecule has 20 heavy (non-hydrogen) atoms. The summed E-state index contributed by atoms with van der Waals surface area (Å²) in [5.41, 5.74) is 1.25. The zero-order chi connectivity index (χ0) is 13.6. The molecule has 4 nitrogen and oxygen atoms in total. The molecular weight excluding hydrogens is 250 g/mol. The number of benzene rings is 1. The molecule has 1 unspecified atom stereocenters. The van der Waals surface area contributed by atoms with Gasteiger partial charge in [0.2, 0.25) is 0 Å². The second-order valence-electron chi connectivity index (χ2n) is 5.38. The molecule has 1 fully saturated rings. The molecule has 2 aromatic rings. The molecule has 106 valence electrons. The molecule has 1 N–H and O–H groups in total. The number of piperidine rings is 1. The van der Waals surface area contributed by atoms with Crippen LogP contribution in [0.3, 0.4) is 0 Å². The third kappa shape index (κ3) is 3.61. The van der Waals surface area contributed by atoms with E-state index >= 15 is 0 Å². The lowest BCUT2D eigenvalue weighted by Crippen LogP contribution is -2.32. The molecule has 2 heterocycles. The molecule has 0 bridgehead atoms.